The summed E-state index contributed by atoms with van der Waals surface area (Å²) in [6.45, 7) is 1.42. The number of ether oxygens (including phenoxy) is 1. The molecule has 0 heterocycles. The Hall–Kier alpha value is -2.47. The van der Waals surface area contributed by atoms with Crippen molar-refractivity contribution in [2.24, 2.45) is 0 Å². The van der Waals surface area contributed by atoms with Crippen LogP contribution in [0.15, 0.2) is 42.5 Å². The highest BCUT2D eigenvalue weighted by molar-refractivity contribution is 5.40. The highest BCUT2D eigenvalue weighted by Crippen LogP contribution is 2.24. The lowest BCUT2D eigenvalue weighted by atomic mass is 10.1. The van der Waals surface area contributed by atoms with Crippen molar-refractivity contribution in [2.75, 3.05) is 0 Å². The van der Waals surface area contributed by atoms with Gasteiger partial charge in [0.2, 0.25) is 0 Å². The minimum Gasteiger partial charge on any atom is -0.486 e. The zero-order valence-electron chi connectivity index (χ0n) is 11.3. The number of nitrogens with zero attached hydrogens (tertiary/aromatic N) is 1. The average Bonchev–Trinajstić information content (AvgIpc) is 2.46. The fourth-order valence-electron chi connectivity index (χ4n) is 1.86. The SMILES string of the molecule is CC(O)c1ccc(OCc2ccccc2[N+](=O)[O-])c(F)c1. The molecule has 1 atom stereocenters. The van der Waals surface area contributed by atoms with Gasteiger partial charge in [-0.3, -0.25) is 10.1 Å². The van der Waals surface area contributed by atoms with Crippen LogP contribution in [0.5, 0.6) is 5.75 Å². The van der Waals surface area contributed by atoms with E-state index in [1.807, 2.05) is 0 Å². The number of aliphatic hydroxyl groups excluding tert-OH is 1. The first-order valence-corrected chi connectivity index (χ1v) is 6.31. The number of halogens is 1. The normalized spacial score (nSPS) is 12.0. The van der Waals surface area contributed by atoms with E-state index in [4.69, 9.17) is 4.74 Å². The fraction of sp³-hybridized carbons (Fsp3) is 0.200. The summed E-state index contributed by atoms with van der Waals surface area (Å²) in [5, 5.41) is 20.2. The largest absolute Gasteiger partial charge is 0.486 e. The van der Waals surface area contributed by atoms with Crippen LogP contribution in [-0.2, 0) is 6.61 Å². The fourth-order valence-corrected chi connectivity index (χ4v) is 1.86. The van der Waals surface area contributed by atoms with Crippen LogP contribution in [-0.4, -0.2) is 10.0 Å². The molecule has 0 saturated carbocycles. The molecular formula is C15H14FNO4. The van der Waals surface area contributed by atoms with E-state index < -0.39 is 16.8 Å². The lowest BCUT2D eigenvalue weighted by Gasteiger charge is -2.10. The quantitative estimate of drug-likeness (QED) is 0.677. The molecule has 1 N–H and O–H groups in total. The summed E-state index contributed by atoms with van der Waals surface area (Å²) in [4.78, 5) is 10.4. The Kier molecular flexibility index (Phi) is 4.49. The Labute approximate surface area is 120 Å². The Morgan fingerprint density at radius 2 is 2.05 bits per heavy atom. The monoisotopic (exact) mass is 291 g/mol. The zero-order valence-corrected chi connectivity index (χ0v) is 11.3. The Bertz CT molecular complexity index is 658. The second kappa shape index (κ2) is 6.32. The second-order valence-corrected chi connectivity index (χ2v) is 4.54. The Balaban J connectivity index is 2.15. The minimum atomic E-state index is -0.774. The van der Waals surface area contributed by atoms with Crippen LogP contribution >= 0.6 is 0 Å². The molecule has 0 aliphatic carbocycles. The Morgan fingerprint density at radius 1 is 1.33 bits per heavy atom. The van der Waals surface area contributed by atoms with Crippen molar-refractivity contribution < 1.29 is 19.2 Å². The van der Waals surface area contributed by atoms with Gasteiger partial charge in [-0.25, -0.2) is 4.39 Å². The van der Waals surface area contributed by atoms with Gasteiger partial charge in [0.25, 0.3) is 5.69 Å². The summed E-state index contributed by atoms with van der Waals surface area (Å²) >= 11 is 0. The minimum absolute atomic E-state index is 0.0162. The van der Waals surface area contributed by atoms with Crippen molar-refractivity contribution in [3.8, 4) is 5.75 Å². The van der Waals surface area contributed by atoms with Crippen LogP contribution in [0.2, 0.25) is 0 Å². The van der Waals surface area contributed by atoms with E-state index >= 15 is 0 Å². The molecule has 0 aromatic heterocycles. The van der Waals surface area contributed by atoms with E-state index in [1.165, 1.54) is 25.1 Å². The number of benzene rings is 2. The molecular weight excluding hydrogens is 277 g/mol. The molecule has 6 heteroatoms. The smallest absolute Gasteiger partial charge is 0.276 e. The number of nitro benzene ring substituents is 1. The van der Waals surface area contributed by atoms with E-state index in [9.17, 15) is 19.6 Å². The predicted octanol–water partition coefficient (Wildman–Crippen LogP) is 3.37. The van der Waals surface area contributed by atoms with Crippen LogP contribution < -0.4 is 4.74 Å². The second-order valence-electron chi connectivity index (χ2n) is 4.54. The maximum atomic E-state index is 13.8. The van der Waals surface area contributed by atoms with Crippen molar-refractivity contribution in [3.63, 3.8) is 0 Å². The molecule has 0 aliphatic heterocycles. The summed E-state index contributed by atoms with van der Waals surface area (Å²) < 4.78 is 19.1. The third-order valence-electron chi connectivity index (χ3n) is 3.01. The van der Waals surface area contributed by atoms with E-state index in [0.717, 1.165) is 0 Å². The van der Waals surface area contributed by atoms with Crippen molar-refractivity contribution >= 4 is 5.69 Å². The van der Waals surface area contributed by atoms with Gasteiger partial charge in [-0.1, -0.05) is 18.2 Å². The van der Waals surface area contributed by atoms with Crippen molar-refractivity contribution in [1.82, 2.24) is 0 Å². The number of rotatable bonds is 5. The predicted molar refractivity (Wildman–Crippen MR) is 74.5 cm³/mol. The molecule has 0 aliphatic rings. The van der Waals surface area contributed by atoms with E-state index in [1.54, 1.807) is 24.3 Å². The molecule has 110 valence electrons. The summed E-state index contributed by atoms with van der Waals surface area (Å²) in [5.41, 5.74) is 0.727. The summed E-state index contributed by atoms with van der Waals surface area (Å²) in [6.07, 6.45) is -0.774. The molecule has 0 radical (unpaired) electrons. The highest BCUT2D eigenvalue weighted by atomic mass is 19.1. The van der Waals surface area contributed by atoms with Crippen LogP contribution in [0.25, 0.3) is 0 Å². The molecule has 0 spiro atoms. The van der Waals surface area contributed by atoms with Crippen LogP contribution in [0, 0.1) is 15.9 Å². The number of para-hydroxylation sites is 1. The van der Waals surface area contributed by atoms with Crippen LogP contribution in [0.1, 0.15) is 24.2 Å². The van der Waals surface area contributed by atoms with Gasteiger partial charge in [-0.15, -0.1) is 0 Å². The molecule has 5 nitrogen and oxygen atoms in total. The van der Waals surface area contributed by atoms with Gasteiger partial charge in [0, 0.05) is 6.07 Å². The van der Waals surface area contributed by atoms with Gasteiger partial charge in [0.1, 0.15) is 6.61 Å². The third-order valence-corrected chi connectivity index (χ3v) is 3.01. The highest BCUT2D eigenvalue weighted by Gasteiger charge is 2.14. The van der Waals surface area contributed by atoms with Gasteiger partial charge in [-0.05, 0) is 30.7 Å². The Morgan fingerprint density at radius 3 is 2.67 bits per heavy atom. The molecule has 0 fully saturated rings. The molecule has 0 saturated heterocycles. The first kappa shape index (κ1) is 14.9. The van der Waals surface area contributed by atoms with Crippen molar-refractivity contribution in [2.45, 2.75) is 19.6 Å². The first-order valence-electron chi connectivity index (χ1n) is 6.31. The van der Waals surface area contributed by atoms with Gasteiger partial charge in [0.05, 0.1) is 16.6 Å². The number of hydrogen-bond donors (Lipinski definition) is 1. The van der Waals surface area contributed by atoms with Crippen LogP contribution in [0.4, 0.5) is 10.1 Å². The molecule has 1 unspecified atom stereocenters. The first-order chi connectivity index (χ1) is 9.99. The molecule has 0 amide bonds. The third kappa shape index (κ3) is 3.55. The van der Waals surface area contributed by atoms with E-state index in [0.29, 0.717) is 11.1 Å². The lowest BCUT2D eigenvalue weighted by Crippen LogP contribution is -2.02. The van der Waals surface area contributed by atoms with Crippen molar-refractivity contribution in [3.05, 3.63) is 69.5 Å². The summed E-state index contributed by atoms with van der Waals surface area (Å²) in [7, 11) is 0. The van der Waals surface area contributed by atoms with Crippen molar-refractivity contribution in [1.29, 1.82) is 0 Å². The van der Waals surface area contributed by atoms with E-state index in [2.05, 4.69) is 0 Å². The van der Waals surface area contributed by atoms with Gasteiger partial charge >= 0.3 is 0 Å². The molecule has 0 bridgehead atoms. The van der Waals surface area contributed by atoms with E-state index in [-0.39, 0.29) is 18.0 Å². The standard InChI is InChI=1S/C15H14FNO4/c1-10(18)11-6-7-15(13(16)8-11)21-9-12-4-2-3-5-14(12)17(19)20/h2-8,10,18H,9H2,1H3. The van der Waals surface area contributed by atoms with Gasteiger partial charge in [-0.2, -0.15) is 0 Å². The van der Waals surface area contributed by atoms with Gasteiger partial charge in [0.15, 0.2) is 11.6 Å². The molecule has 2 aromatic carbocycles. The topological polar surface area (TPSA) is 72.6 Å². The maximum absolute atomic E-state index is 13.8. The molecule has 2 rings (SSSR count). The number of hydrogen-bond acceptors (Lipinski definition) is 4. The molecule has 21 heavy (non-hydrogen) atoms. The summed E-state index contributed by atoms with van der Waals surface area (Å²) in [5.74, 6) is -0.635. The lowest BCUT2D eigenvalue weighted by molar-refractivity contribution is -0.385. The number of nitro groups is 1. The average molecular weight is 291 g/mol. The molecule has 2 aromatic rings. The maximum Gasteiger partial charge on any atom is 0.276 e. The number of aliphatic hydroxyl groups is 1. The summed E-state index contributed by atoms with van der Waals surface area (Å²) in [6, 6.07) is 10.2. The zero-order chi connectivity index (χ0) is 15.4. The van der Waals surface area contributed by atoms with Crippen LogP contribution in [0.3, 0.4) is 0 Å². The van der Waals surface area contributed by atoms with Gasteiger partial charge < -0.3 is 9.84 Å².